The maximum absolute atomic E-state index is 13.4. The predicted octanol–water partition coefficient (Wildman–Crippen LogP) is 2.26. The van der Waals surface area contributed by atoms with Gasteiger partial charge in [-0.3, -0.25) is 19.7 Å². The molecule has 0 radical (unpaired) electrons. The largest absolute Gasteiger partial charge is 0.468 e. The summed E-state index contributed by atoms with van der Waals surface area (Å²) in [5, 5.41) is 10.6. The third kappa shape index (κ3) is 3.37. The lowest BCUT2D eigenvalue weighted by Crippen LogP contribution is -2.22. The summed E-state index contributed by atoms with van der Waals surface area (Å²) in [4.78, 5) is 37.7. The van der Waals surface area contributed by atoms with Gasteiger partial charge >= 0.3 is 17.8 Å². The third-order valence-corrected chi connectivity index (χ3v) is 4.38. The number of furan rings is 1. The highest BCUT2D eigenvalue weighted by molar-refractivity contribution is 7.16. The van der Waals surface area contributed by atoms with E-state index in [2.05, 4.69) is 9.73 Å². The minimum Gasteiger partial charge on any atom is -0.468 e. The van der Waals surface area contributed by atoms with Crippen molar-refractivity contribution >= 4 is 39.3 Å². The zero-order chi connectivity index (χ0) is 18.8. The molecule has 0 saturated heterocycles. The SMILES string of the molecule is COC(=O)Cn1c(=NC(=O)c2ccc([N+](=O)[O-])o2)sc2cc(F)ccc21. The molecule has 3 rings (SSSR count). The Morgan fingerprint density at radius 2 is 2.15 bits per heavy atom. The topological polar surface area (TPSA) is 117 Å². The van der Waals surface area contributed by atoms with Crippen molar-refractivity contribution in [2.45, 2.75) is 6.54 Å². The van der Waals surface area contributed by atoms with Gasteiger partial charge in [-0.25, -0.2) is 4.39 Å². The van der Waals surface area contributed by atoms with Crippen LogP contribution in [0.5, 0.6) is 0 Å². The van der Waals surface area contributed by atoms with Crippen LogP contribution in [0, 0.1) is 15.9 Å². The van der Waals surface area contributed by atoms with E-state index in [1.807, 2.05) is 0 Å². The quantitative estimate of drug-likeness (QED) is 0.390. The Labute approximate surface area is 148 Å². The van der Waals surface area contributed by atoms with Crippen molar-refractivity contribution < 1.29 is 28.1 Å². The molecule has 134 valence electrons. The van der Waals surface area contributed by atoms with Gasteiger partial charge in [0.2, 0.25) is 5.76 Å². The summed E-state index contributed by atoms with van der Waals surface area (Å²) >= 11 is 0.979. The highest BCUT2D eigenvalue weighted by Crippen LogP contribution is 2.20. The number of fused-ring (bicyclic) bond motifs is 1. The van der Waals surface area contributed by atoms with Crippen molar-refractivity contribution in [3.8, 4) is 0 Å². The second-order valence-electron chi connectivity index (χ2n) is 4.97. The third-order valence-electron chi connectivity index (χ3n) is 3.34. The molecule has 11 heteroatoms. The van der Waals surface area contributed by atoms with E-state index in [-0.39, 0.29) is 17.1 Å². The molecule has 0 N–H and O–H groups in total. The van der Waals surface area contributed by atoms with E-state index in [1.54, 1.807) is 0 Å². The molecule has 9 nitrogen and oxygen atoms in total. The molecule has 0 bridgehead atoms. The minimum absolute atomic E-state index is 0.0973. The Morgan fingerprint density at radius 1 is 1.38 bits per heavy atom. The molecule has 0 aliphatic carbocycles. The lowest BCUT2D eigenvalue weighted by atomic mass is 10.3. The summed E-state index contributed by atoms with van der Waals surface area (Å²) in [6.45, 7) is -0.244. The normalized spacial score (nSPS) is 11.7. The number of esters is 1. The highest BCUT2D eigenvalue weighted by Gasteiger charge is 2.18. The van der Waals surface area contributed by atoms with Gasteiger partial charge in [-0.1, -0.05) is 11.3 Å². The lowest BCUT2D eigenvalue weighted by Gasteiger charge is -2.03. The maximum Gasteiger partial charge on any atom is 0.433 e. The summed E-state index contributed by atoms with van der Waals surface area (Å²) in [7, 11) is 1.21. The van der Waals surface area contributed by atoms with Crippen molar-refractivity contribution in [1.82, 2.24) is 4.57 Å². The van der Waals surface area contributed by atoms with Crippen molar-refractivity contribution in [1.29, 1.82) is 0 Å². The lowest BCUT2D eigenvalue weighted by molar-refractivity contribution is -0.402. The first-order valence-corrected chi connectivity index (χ1v) is 7.89. The number of hydrogen-bond donors (Lipinski definition) is 0. The minimum atomic E-state index is -0.872. The zero-order valence-corrected chi connectivity index (χ0v) is 14.0. The molecule has 2 heterocycles. The summed E-state index contributed by atoms with van der Waals surface area (Å²) < 4.78 is 24.7. The Morgan fingerprint density at radius 3 is 2.81 bits per heavy atom. The summed E-state index contributed by atoms with van der Waals surface area (Å²) in [6.07, 6.45) is 0. The second kappa shape index (κ2) is 6.88. The van der Waals surface area contributed by atoms with Gasteiger partial charge in [-0.05, 0) is 24.3 Å². The molecular weight excluding hydrogens is 369 g/mol. The van der Waals surface area contributed by atoms with Crippen LogP contribution in [0.1, 0.15) is 10.6 Å². The van der Waals surface area contributed by atoms with Gasteiger partial charge in [0.25, 0.3) is 0 Å². The van der Waals surface area contributed by atoms with E-state index in [1.165, 1.54) is 29.9 Å². The number of benzene rings is 1. The zero-order valence-electron chi connectivity index (χ0n) is 13.2. The van der Waals surface area contributed by atoms with Gasteiger partial charge < -0.3 is 13.7 Å². The van der Waals surface area contributed by atoms with E-state index < -0.39 is 28.5 Å². The van der Waals surface area contributed by atoms with Crippen LogP contribution in [0.15, 0.2) is 39.7 Å². The van der Waals surface area contributed by atoms with Crippen LogP contribution in [0.4, 0.5) is 10.3 Å². The molecule has 26 heavy (non-hydrogen) atoms. The number of nitro groups is 1. The number of aromatic nitrogens is 1. The maximum atomic E-state index is 13.4. The Bertz CT molecular complexity index is 1100. The average Bonchev–Trinajstić information content (AvgIpc) is 3.20. The Hall–Kier alpha value is -3.34. The summed E-state index contributed by atoms with van der Waals surface area (Å²) in [5.74, 6) is -2.86. The fourth-order valence-electron chi connectivity index (χ4n) is 2.16. The van der Waals surface area contributed by atoms with Crippen LogP contribution in [0.2, 0.25) is 0 Å². The van der Waals surface area contributed by atoms with Crippen LogP contribution in [-0.4, -0.2) is 28.5 Å². The molecule has 2 aromatic heterocycles. The predicted molar refractivity (Wildman–Crippen MR) is 87.0 cm³/mol. The van der Waals surface area contributed by atoms with Crippen LogP contribution in [0.25, 0.3) is 10.2 Å². The fourth-order valence-corrected chi connectivity index (χ4v) is 3.21. The number of nitrogens with zero attached hydrogens (tertiary/aromatic N) is 3. The molecule has 0 saturated carbocycles. The van der Waals surface area contributed by atoms with Crippen LogP contribution >= 0.6 is 11.3 Å². The van der Waals surface area contributed by atoms with Crippen molar-refractivity contribution in [3.05, 3.63) is 56.8 Å². The molecule has 3 aromatic rings. The first-order valence-electron chi connectivity index (χ1n) is 7.08. The standard InChI is InChI=1S/C15H10FN3O6S/c1-24-13(20)7-18-9-3-2-8(16)6-11(9)26-15(18)17-14(21)10-4-5-12(25-10)19(22)23/h2-6H,7H2,1H3. The second-order valence-corrected chi connectivity index (χ2v) is 5.98. The van der Waals surface area contributed by atoms with Gasteiger partial charge in [0.1, 0.15) is 17.3 Å². The summed E-state index contributed by atoms with van der Waals surface area (Å²) in [5.41, 5.74) is 0.485. The van der Waals surface area contributed by atoms with Crippen LogP contribution in [-0.2, 0) is 16.1 Å². The molecule has 0 fully saturated rings. The van der Waals surface area contributed by atoms with E-state index >= 15 is 0 Å². The Balaban J connectivity index is 2.10. The van der Waals surface area contributed by atoms with Gasteiger partial charge in [-0.2, -0.15) is 4.99 Å². The molecule has 1 aromatic carbocycles. The Kier molecular flexibility index (Phi) is 4.63. The first-order chi connectivity index (χ1) is 12.4. The monoisotopic (exact) mass is 379 g/mol. The molecule has 0 aliphatic rings. The average molecular weight is 379 g/mol. The molecule has 0 spiro atoms. The smallest absolute Gasteiger partial charge is 0.433 e. The number of carbonyl (C=O) groups excluding carboxylic acids is 2. The van der Waals surface area contributed by atoms with E-state index in [4.69, 9.17) is 4.42 Å². The van der Waals surface area contributed by atoms with Crippen LogP contribution in [0.3, 0.4) is 0 Å². The van der Waals surface area contributed by atoms with E-state index in [9.17, 15) is 24.1 Å². The highest BCUT2D eigenvalue weighted by atomic mass is 32.1. The fraction of sp³-hybridized carbons (Fsp3) is 0.133. The molecule has 0 aliphatic heterocycles. The number of thiazole rings is 1. The van der Waals surface area contributed by atoms with E-state index in [0.717, 1.165) is 23.5 Å². The summed E-state index contributed by atoms with van der Waals surface area (Å²) in [6, 6.07) is 6.07. The van der Waals surface area contributed by atoms with Crippen LogP contribution < -0.4 is 4.80 Å². The number of ether oxygens (including phenoxy) is 1. The van der Waals surface area contributed by atoms with Gasteiger partial charge in [0.15, 0.2) is 4.80 Å². The number of methoxy groups -OCH3 is 1. The number of halogens is 1. The number of amides is 1. The van der Waals surface area contributed by atoms with Gasteiger partial charge in [0, 0.05) is 0 Å². The van der Waals surface area contributed by atoms with Gasteiger partial charge in [-0.15, -0.1) is 0 Å². The van der Waals surface area contributed by atoms with Crippen molar-refractivity contribution in [2.75, 3.05) is 7.11 Å². The van der Waals surface area contributed by atoms with Crippen molar-refractivity contribution in [3.63, 3.8) is 0 Å². The number of carbonyl (C=O) groups is 2. The van der Waals surface area contributed by atoms with Crippen molar-refractivity contribution in [2.24, 2.45) is 4.99 Å². The first kappa shape index (κ1) is 17.5. The number of rotatable bonds is 4. The van der Waals surface area contributed by atoms with E-state index in [0.29, 0.717) is 10.2 Å². The molecule has 0 unspecified atom stereocenters. The van der Waals surface area contributed by atoms with Gasteiger partial charge in [0.05, 0.1) is 23.4 Å². The molecule has 0 atom stereocenters. The number of hydrogen-bond acceptors (Lipinski definition) is 7. The molecule has 1 amide bonds. The molecular formula is C15H10FN3O6S.